The first kappa shape index (κ1) is 13.3. The molecule has 0 amide bonds. The largest absolute Gasteiger partial charge is 0.383 e. The molecule has 1 unspecified atom stereocenters. The van der Waals surface area contributed by atoms with Gasteiger partial charge in [-0.25, -0.2) is 0 Å². The van der Waals surface area contributed by atoms with Crippen LogP contribution in [0.2, 0.25) is 5.02 Å². The van der Waals surface area contributed by atoms with E-state index >= 15 is 0 Å². The molecule has 3 N–H and O–H groups in total. The van der Waals surface area contributed by atoms with Crippen molar-refractivity contribution in [1.29, 1.82) is 0 Å². The number of ether oxygens (including phenoxy) is 1. The second kappa shape index (κ2) is 7.49. The summed E-state index contributed by atoms with van der Waals surface area (Å²) in [5.74, 6) is 0. The normalized spacial score (nSPS) is 12.4. The fourth-order valence-corrected chi connectivity index (χ4v) is 1.75. The second-order valence-electron chi connectivity index (χ2n) is 3.71. The van der Waals surface area contributed by atoms with Crippen LogP contribution in [0.15, 0.2) is 24.3 Å². The van der Waals surface area contributed by atoms with Crippen molar-refractivity contribution in [3.63, 3.8) is 0 Å². The Labute approximate surface area is 102 Å². The molecule has 0 aromatic heterocycles. The highest BCUT2D eigenvalue weighted by molar-refractivity contribution is 6.33. The van der Waals surface area contributed by atoms with Crippen molar-refractivity contribution in [2.75, 3.05) is 25.6 Å². The minimum absolute atomic E-state index is 0.258. The van der Waals surface area contributed by atoms with Gasteiger partial charge in [-0.15, -0.1) is 0 Å². The van der Waals surface area contributed by atoms with Crippen molar-refractivity contribution in [3.05, 3.63) is 29.3 Å². The predicted octanol–water partition coefficient (Wildman–Crippen LogP) is 2.51. The van der Waals surface area contributed by atoms with Gasteiger partial charge in [-0.3, -0.25) is 0 Å². The van der Waals surface area contributed by atoms with E-state index in [2.05, 4.69) is 5.32 Å². The zero-order chi connectivity index (χ0) is 11.8. The fraction of sp³-hybridized carbons (Fsp3) is 0.500. The van der Waals surface area contributed by atoms with E-state index in [1.54, 1.807) is 7.11 Å². The van der Waals surface area contributed by atoms with Crippen molar-refractivity contribution < 1.29 is 4.74 Å². The molecule has 0 aliphatic rings. The lowest BCUT2D eigenvalue weighted by molar-refractivity contribution is 0.182. The summed E-state index contributed by atoms with van der Waals surface area (Å²) in [5, 5.41) is 4.10. The summed E-state index contributed by atoms with van der Waals surface area (Å²) in [7, 11) is 1.70. The molecule has 1 aromatic rings. The number of halogens is 1. The van der Waals surface area contributed by atoms with Crippen LogP contribution in [0.4, 0.5) is 5.69 Å². The van der Waals surface area contributed by atoms with E-state index < -0.39 is 0 Å². The number of methoxy groups -OCH3 is 1. The first-order valence-corrected chi connectivity index (χ1v) is 5.85. The Morgan fingerprint density at radius 1 is 1.44 bits per heavy atom. The van der Waals surface area contributed by atoms with Gasteiger partial charge in [0.1, 0.15) is 0 Å². The van der Waals surface area contributed by atoms with E-state index in [9.17, 15) is 0 Å². The zero-order valence-electron chi connectivity index (χ0n) is 9.58. The lowest BCUT2D eigenvalue weighted by atomic mass is 10.1. The first-order chi connectivity index (χ1) is 7.77. The Balaban J connectivity index is 2.56. The summed E-state index contributed by atoms with van der Waals surface area (Å²) in [6.07, 6.45) is 1.96. The van der Waals surface area contributed by atoms with Crippen LogP contribution in [0.1, 0.15) is 12.8 Å². The van der Waals surface area contributed by atoms with Crippen molar-refractivity contribution in [2.24, 2.45) is 5.73 Å². The molecular formula is C12H19ClN2O. The van der Waals surface area contributed by atoms with Crippen LogP contribution in [-0.2, 0) is 4.74 Å². The summed E-state index contributed by atoms with van der Waals surface area (Å²) in [6.45, 7) is 1.36. The number of nitrogens with two attached hydrogens (primary N) is 1. The molecule has 90 valence electrons. The lowest BCUT2D eigenvalue weighted by Crippen LogP contribution is -2.25. The number of nitrogens with one attached hydrogen (secondary N) is 1. The van der Waals surface area contributed by atoms with Crippen molar-refractivity contribution in [2.45, 2.75) is 18.9 Å². The minimum atomic E-state index is 0.258. The smallest absolute Gasteiger partial charge is 0.0664 e. The van der Waals surface area contributed by atoms with E-state index in [0.717, 1.165) is 23.6 Å². The molecule has 0 aliphatic carbocycles. The average molecular weight is 243 g/mol. The maximum absolute atomic E-state index is 6.07. The standard InChI is InChI=1S/C12H19ClN2O/c1-16-9-10(5-4-8-14)15-12-7-3-2-6-11(12)13/h2-3,6-7,10,15H,4-5,8-9,14H2,1H3. The van der Waals surface area contributed by atoms with E-state index in [-0.39, 0.29) is 6.04 Å². The summed E-state index contributed by atoms with van der Waals surface area (Å²) < 4.78 is 5.17. The lowest BCUT2D eigenvalue weighted by Gasteiger charge is -2.19. The Morgan fingerprint density at radius 2 is 2.19 bits per heavy atom. The molecule has 1 aromatic carbocycles. The number of anilines is 1. The molecule has 0 bridgehead atoms. The van der Waals surface area contributed by atoms with Crippen LogP contribution in [0.5, 0.6) is 0 Å². The highest BCUT2D eigenvalue weighted by Gasteiger charge is 2.09. The molecule has 0 saturated carbocycles. The minimum Gasteiger partial charge on any atom is -0.383 e. The summed E-state index contributed by atoms with van der Waals surface area (Å²) in [5.41, 5.74) is 6.45. The van der Waals surface area contributed by atoms with E-state index in [4.69, 9.17) is 22.1 Å². The Morgan fingerprint density at radius 3 is 2.81 bits per heavy atom. The SMILES string of the molecule is COCC(CCCN)Nc1ccccc1Cl. The Hall–Kier alpha value is -0.770. The van der Waals surface area contributed by atoms with Gasteiger partial charge < -0.3 is 15.8 Å². The van der Waals surface area contributed by atoms with Crippen LogP contribution in [0.25, 0.3) is 0 Å². The third kappa shape index (κ3) is 4.39. The molecule has 16 heavy (non-hydrogen) atoms. The monoisotopic (exact) mass is 242 g/mol. The third-order valence-electron chi connectivity index (χ3n) is 2.36. The molecule has 3 nitrogen and oxygen atoms in total. The van der Waals surface area contributed by atoms with E-state index in [1.165, 1.54) is 0 Å². The third-order valence-corrected chi connectivity index (χ3v) is 2.69. The van der Waals surface area contributed by atoms with Crippen LogP contribution in [0, 0.1) is 0 Å². The molecule has 1 rings (SSSR count). The number of para-hydroxylation sites is 1. The molecule has 4 heteroatoms. The maximum atomic E-state index is 6.07. The molecule has 0 spiro atoms. The van der Waals surface area contributed by atoms with Gasteiger partial charge in [0.25, 0.3) is 0 Å². The van der Waals surface area contributed by atoms with Crippen molar-refractivity contribution in [1.82, 2.24) is 0 Å². The van der Waals surface area contributed by atoms with Gasteiger partial charge in [-0.1, -0.05) is 23.7 Å². The van der Waals surface area contributed by atoms with Gasteiger partial charge >= 0.3 is 0 Å². The van der Waals surface area contributed by atoms with Crippen molar-refractivity contribution >= 4 is 17.3 Å². The quantitative estimate of drug-likeness (QED) is 0.773. The van der Waals surface area contributed by atoms with Gasteiger partial charge in [-0.05, 0) is 31.5 Å². The Kier molecular flexibility index (Phi) is 6.23. The summed E-state index contributed by atoms with van der Waals surface area (Å²) in [6, 6.07) is 7.97. The maximum Gasteiger partial charge on any atom is 0.0664 e. The van der Waals surface area contributed by atoms with Crippen LogP contribution in [0.3, 0.4) is 0 Å². The zero-order valence-corrected chi connectivity index (χ0v) is 10.3. The van der Waals surface area contributed by atoms with Crippen LogP contribution in [-0.4, -0.2) is 26.3 Å². The molecule has 0 radical (unpaired) electrons. The number of rotatable bonds is 7. The molecule has 0 heterocycles. The Bertz CT molecular complexity index is 307. The van der Waals surface area contributed by atoms with Gasteiger partial charge in [0.2, 0.25) is 0 Å². The molecule has 1 atom stereocenters. The number of hydrogen-bond donors (Lipinski definition) is 2. The highest BCUT2D eigenvalue weighted by Crippen LogP contribution is 2.22. The van der Waals surface area contributed by atoms with Crippen LogP contribution < -0.4 is 11.1 Å². The molecule has 0 aliphatic heterocycles. The summed E-state index contributed by atoms with van der Waals surface area (Å²) >= 11 is 6.07. The number of benzene rings is 1. The molecule has 0 saturated heterocycles. The fourth-order valence-electron chi connectivity index (χ4n) is 1.56. The molecular weight excluding hydrogens is 224 g/mol. The van der Waals surface area contributed by atoms with E-state index in [1.807, 2.05) is 24.3 Å². The average Bonchev–Trinajstić information content (AvgIpc) is 2.29. The first-order valence-electron chi connectivity index (χ1n) is 5.48. The number of hydrogen-bond acceptors (Lipinski definition) is 3. The van der Waals surface area contributed by atoms with Gasteiger partial charge in [0, 0.05) is 13.2 Å². The van der Waals surface area contributed by atoms with Gasteiger partial charge in [0.15, 0.2) is 0 Å². The topological polar surface area (TPSA) is 47.3 Å². The molecule has 0 fully saturated rings. The summed E-state index contributed by atoms with van der Waals surface area (Å²) in [4.78, 5) is 0. The second-order valence-corrected chi connectivity index (χ2v) is 4.11. The van der Waals surface area contributed by atoms with Crippen molar-refractivity contribution in [3.8, 4) is 0 Å². The predicted molar refractivity (Wildman–Crippen MR) is 69.0 cm³/mol. The van der Waals surface area contributed by atoms with Crippen LogP contribution >= 0.6 is 11.6 Å². The highest BCUT2D eigenvalue weighted by atomic mass is 35.5. The van der Waals surface area contributed by atoms with Gasteiger partial charge in [0.05, 0.1) is 17.3 Å². The van der Waals surface area contributed by atoms with Gasteiger partial charge in [-0.2, -0.15) is 0 Å². The van der Waals surface area contributed by atoms with E-state index in [0.29, 0.717) is 13.2 Å².